The Labute approximate surface area is 132 Å². The number of nitriles is 1. The first-order valence-electron chi connectivity index (χ1n) is 7.12. The molecule has 0 fully saturated rings. The summed E-state index contributed by atoms with van der Waals surface area (Å²) >= 11 is 0. The topological polar surface area (TPSA) is 59.5 Å². The van der Waals surface area contributed by atoms with Gasteiger partial charge in [-0.15, -0.1) is 0 Å². The zero-order chi connectivity index (χ0) is 16.0. The van der Waals surface area contributed by atoms with Crippen LogP contribution in [0.3, 0.4) is 0 Å². The molecule has 0 bridgehead atoms. The van der Waals surface area contributed by atoms with E-state index in [4.69, 9.17) is 9.47 Å². The van der Waals surface area contributed by atoms with E-state index in [1.807, 2.05) is 40.8 Å². The van der Waals surface area contributed by atoms with Gasteiger partial charge < -0.3 is 9.47 Å². The predicted molar refractivity (Wildman–Crippen MR) is 88.0 cm³/mol. The van der Waals surface area contributed by atoms with E-state index in [0.29, 0.717) is 22.7 Å². The third-order valence-electron chi connectivity index (χ3n) is 4.06. The fraction of sp³-hybridized carbons (Fsp3) is 0.111. The largest absolute Gasteiger partial charge is 0.493 e. The van der Waals surface area contributed by atoms with Crippen LogP contribution in [0.4, 0.5) is 0 Å². The van der Waals surface area contributed by atoms with Gasteiger partial charge in [0.05, 0.1) is 25.3 Å². The molecule has 5 heteroatoms. The van der Waals surface area contributed by atoms with Crippen LogP contribution >= 0.6 is 0 Å². The Balaban J connectivity index is 2.27. The highest BCUT2D eigenvalue weighted by molar-refractivity contribution is 5.98. The second kappa shape index (κ2) is 4.89. The lowest BCUT2D eigenvalue weighted by atomic mass is 10.2. The Morgan fingerprint density at radius 1 is 1.04 bits per heavy atom. The molecule has 0 aliphatic carbocycles. The number of hydrogen-bond acceptors (Lipinski definition) is 4. The van der Waals surface area contributed by atoms with Gasteiger partial charge in [0.2, 0.25) is 0 Å². The molecule has 0 atom stereocenters. The van der Waals surface area contributed by atoms with Gasteiger partial charge in [-0.1, -0.05) is 18.2 Å². The molecular weight excluding hydrogens is 290 g/mol. The van der Waals surface area contributed by atoms with Gasteiger partial charge in [-0.3, -0.25) is 4.40 Å². The molecule has 0 aliphatic rings. The van der Waals surface area contributed by atoms with Crippen molar-refractivity contribution in [1.29, 1.82) is 5.26 Å². The molecule has 0 amide bonds. The third-order valence-corrected chi connectivity index (χ3v) is 4.06. The molecular formula is C18H13N3O2. The summed E-state index contributed by atoms with van der Waals surface area (Å²) in [4.78, 5) is 4.49. The van der Waals surface area contributed by atoms with E-state index in [-0.39, 0.29) is 0 Å². The predicted octanol–water partition coefficient (Wildman–Crippen LogP) is 3.53. The standard InChI is InChI=1S/C18H13N3O2/c1-22-16-7-11-10-20-18-13(9-19)12-5-3-4-6-14(12)21(18)15(11)8-17(16)23-2/h3-8,10H,1-2H3. The van der Waals surface area contributed by atoms with Crippen LogP contribution in [0.5, 0.6) is 11.5 Å². The minimum absolute atomic E-state index is 0.581. The fourth-order valence-corrected chi connectivity index (χ4v) is 3.01. The summed E-state index contributed by atoms with van der Waals surface area (Å²) in [6, 6.07) is 13.9. The Hall–Kier alpha value is -3.26. The second-order valence-corrected chi connectivity index (χ2v) is 5.19. The van der Waals surface area contributed by atoms with E-state index < -0.39 is 0 Å². The van der Waals surface area contributed by atoms with Crippen LogP contribution in [0.25, 0.3) is 27.5 Å². The molecule has 5 nitrogen and oxygen atoms in total. The van der Waals surface area contributed by atoms with Gasteiger partial charge in [-0.25, -0.2) is 4.98 Å². The van der Waals surface area contributed by atoms with Crippen LogP contribution in [0.2, 0.25) is 0 Å². The zero-order valence-corrected chi connectivity index (χ0v) is 12.7. The highest BCUT2D eigenvalue weighted by Crippen LogP contribution is 2.35. The van der Waals surface area contributed by atoms with Crippen LogP contribution in [0.1, 0.15) is 5.56 Å². The number of ether oxygens (including phenoxy) is 2. The van der Waals surface area contributed by atoms with E-state index in [9.17, 15) is 5.26 Å². The minimum atomic E-state index is 0.581. The molecule has 4 aromatic rings. The monoisotopic (exact) mass is 303 g/mol. The summed E-state index contributed by atoms with van der Waals surface area (Å²) in [5, 5.41) is 11.3. The van der Waals surface area contributed by atoms with Gasteiger partial charge >= 0.3 is 0 Å². The second-order valence-electron chi connectivity index (χ2n) is 5.19. The molecule has 0 N–H and O–H groups in total. The number of aromatic nitrogens is 2. The van der Waals surface area contributed by atoms with E-state index >= 15 is 0 Å². The Bertz CT molecular complexity index is 1110. The number of methoxy groups -OCH3 is 2. The van der Waals surface area contributed by atoms with Gasteiger partial charge in [0, 0.05) is 23.0 Å². The maximum Gasteiger partial charge on any atom is 0.162 e. The molecule has 0 unspecified atom stereocenters. The van der Waals surface area contributed by atoms with Crippen molar-refractivity contribution in [2.75, 3.05) is 14.2 Å². The van der Waals surface area contributed by atoms with Gasteiger partial charge in [-0.05, 0) is 12.1 Å². The van der Waals surface area contributed by atoms with E-state index in [1.54, 1.807) is 20.4 Å². The van der Waals surface area contributed by atoms with E-state index in [0.717, 1.165) is 21.8 Å². The van der Waals surface area contributed by atoms with Gasteiger partial charge in [0.15, 0.2) is 17.1 Å². The zero-order valence-electron chi connectivity index (χ0n) is 12.7. The molecule has 0 saturated carbocycles. The average molecular weight is 303 g/mol. The first-order chi connectivity index (χ1) is 11.3. The summed E-state index contributed by atoms with van der Waals surface area (Å²) in [5.41, 5.74) is 3.10. The fourth-order valence-electron chi connectivity index (χ4n) is 3.01. The number of para-hydroxylation sites is 1. The molecule has 0 aliphatic heterocycles. The lowest BCUT2D eigenvalue weighted by Crippen LogP contribution is -1.95. The highest BCUT2D eigenvalue weighted by Gasteiger charge is 2.16. The number of benzene rings is 2. The molecule has 0 saturated heterocycles. The van der Waals surface area contributed by atoms with Crippen molar-refractivity contribution < 1.29 is 9.47 Å². The summed E-state index contributed by atoms with van der Waals surface area (Å²) in [7, 11) is 3.21. The van der Waals surface area contributed by atoms with Crippen molar-refractivity contribution in [3.8, 4) is 17.6 Å². The Morgan fingerprint density at radius 3 is 2.52 bits per heavy atom. The van der Waals surface area contributed by atoms with E-state index in [1.165, 1.54) is 0 Å². The number of rotatable bonds is 2. The molecule has 2 aromatic heterocycles. The number of hydrogen-bond donors (Lipinski definition) is 0. The highest BCUT2D eigenvalue weighted by atomic mass is 16.5. The van der Waals surface area contributed by atoms with Crippen molar-refractivity contribution in [3.05, 3.63) is 48.2 Å². The van der Waals surface area contributed by atoms with Crippen molar-refractivity contribution in [2.24, 2.45) is 0 Å². The molecule has 2 heterocycles. The van der Waals surface area contributed by atoms with E-state index in [2.05, 4.69) is 11.1 Å². The van der Waals surface area contributed by atoms with Crippen molar-refractivity contribution >= 4 is 27.5 Å². The maximum absolute atomic E-state index is 9.53. The van der Waals surface area contributed by atoms with Crippen LogP contribution in [0.15, 0.2) is 42.6 Å². The molecule has 0 radical (unpaired) electrons. The van der Waals surface area contributed by atoms with Gasteiger partial charge in [0.25, 0.3) is 0 Å². The normalized spacial score (nSPS) is 11.0. The average Bonchev–Trinajstić information content (AvgIpc) is 2.94. The maximum atomic E-state index is 9.53. The van der Waals surface area contributed by atoms with Crippen LogP contribution < -0.4 is 9.47 Å². The summed E-state index contributed by atoms with van der Waals surface area (Å²) in [5.74, 6) is 1.29. The lowest BCUT2D eigenvalue weighted by Gasteiger charge is -2.10. The van der Waals surface area contributed by atoms with Crippen LogP contribution in [0, 0.1) is 11.3 Å². The van der Waals surface area contributed by atoms with Gasteiger partial charge in [-0.2, -0.15) is 5.26 Å². The minimum Gasteiger partial charge on any atom is -0.493 e. The third kappa shape index (κ3) is 1.75. The van der Waals surface area contributed by atoms with Crippen LogP contribution in [-0.4, -0.2) is 23.6 Å². The van der Waals surface area contributed by atoms with Crippen molar-refractivity contribution in [1.82, 2.24) is 9.38 Å². The van der Waals surface area contributed by atoms with Crippen molar-refractivity contribution in [2.45, 2.75) is 0 Å². The van der Waals surface area contributed by atoms with Crippen LogP contribution in [-0.2, 0) is 0 Å². The quantitative estimate of drug-likeness (QED) is 0.568. The Kier molecular flexibility index (Phi) is 2.85. The lowest BCUT2D eigenvalue weighted by molar-refractivity contribution is 0.355. The van der Waals surface area contributed by atoms with Crippen molar-refractivity contribution in [3.63, 3.8) is 0 Å². The first-order valence-corrected chi connectivity index (χ1v) is 7.12. The molecule has 0 spiro atoms. The number of nitrogens with zero attached hydrogens (tertiary/aromatic N) is 3. The molecule has 112 valence electrons. The summed E-state index contributed by atoms with van der Waals surface area (Å²) in [6.45, 7) is 0. The summed E-state index contributed by atoms with van der Waals surface area (Å²) < 4.78 is 12.8. The number of fused-ring (bicyclic) bond motifs is 5. The first kappa shape index (κ1) is 13.4. The molecule has 4 rings (SSSR count). The smallest absolute Gasteiger partial charge is 0.162 e. The molecule has 2 aromatic carbocycles. The molecule has 23 heavy (non-hydrogen) atoms. The summed E-state index contributed by atoms with van der Waals surface area (Å²) in [6.07, 6.45) is 1.76. The SMILES string of the molecule is COc1cc2cnc3c(C#N)c4ccccc4n3c2cc1OC. The van der Waals surface area contributed by atoms with Gasteiger partial charge in [0.1, 0.15) is 11.6 Å². The Morgan fingerprint density at radius 2 is 1.78 bits per heavy atom.